The van der Waals surface area contributed by atoms with Crippen molar-refractivity contribution in [1.82, 2.24) is 9.80 Å². The lowest BCUT2D eigenvalue weighted by molar-refractivity contribution is 0.207. The van der Waals surface area contributed by atoms with Gasteiger partial charge in [-0.25, -0.2) is 0 Å². The molecule has 0 saturated carbocycles. The predicted molar refractivity (Wildman–Crippen MR) is 58.8 cm³/mol. The number of rotatable bonds is 2. The van der Waals surface area contributed by atoms with Crippen LogP contribution in [0.1, 0.15) is 13.8 Å². The molecule has 0 amide bonds. The molecule has 2 heterocycles. The van der Waals surface area contributed by atoms with E-state index in [9.17, 15) is 0 Å². The van der Waals surface area contributed by atoms with Crippen LogP contribution in [0, 0.1) is 5.92 Å². The van der Waals surface area contributed by atoms with Gasteiger partial charge in [-0.15, -0.1) is 0 Å². The SMILES string of the molecule is CC(C)CN1CN(C)C=C2C=NC=C21. The molecule has 3 heteroatoms. The molecular formula is C11H17N3. The van der Waals surface area contributed by atoms with Crippen molar-refractivity contribution in [2.45, 2.75) is 13.8 Å². The summed E-state index contributed by atoms with van der Waals surface area (Å²) >= 11 is 0. The van der Waals surface area contributed by atoms with E-state index in [1.54, 1.807) is 0 Å². The van der Waals surface area contributed by atoms with Crippen molar-refractivity contribution < 1.29 is 0 Å². The van der Waals surface area contributed by atoms with E-state index in [0.29, 0.717) is 5.92 Å². The van der Waals surface area contributed by atoms with Crippen molar-refractivity contribution in [2.24, 2.45) is 10.9 Å². The summed E-state index contributed by atoms with van der Waals surface area (Å²) in [5, 5.41) is 0. The normalized spacial score (nSPS) is 20.0. The maximum absolute atomic E-state index is 4.20. The second-order valence-electron chi connectivity index (χ2n) is 4.39. The summed E-state index contributed by atoms with van der Waals surface area (Å²) in [4.78, 5) is 8.78. The molecule has 2 aliphatic heterocycles. The Morgan fingerprint density at radius 2 is 2.29 bits per heavy atom. The van der Waals surface area contributed by atoms with Gasteiger partial charge in [0.1, 0.15) is 0 Å². The van der Waals surface area contributed by atoms with Gasteiger partial charge in [-0.05, 0) is 5.92 Å². The van der Waals surface area contributed by atoms with E-state index in [4.69, 9.17) is 0 Å². The minimum atomic E-state index is 0.684. The van der Waals surface area contributed by atoms with Gasteiger partial charge in [0.25, 0.3) is 0 Å². The predicted octanol–water partition coefficient (Wildman–Crippen LogP) is 1.66. The van der Waals surface area contributed by atoms with Gasteiger partial charge in [-0.1, -0.05) is 13.8 Å². The minimum absolute atomic E-state index is 0.684. The summed E-state index contributed by atoms with van der Waals surface area (Å²) in [5.74, 6) is 0.684. The van der Waals surface area contributed by atoms with Crippen molar-refractivity contribution in [1.29, 1.82) is 0 Å². The van der Waals surface area contributed by atoms with Crippen LogP contribution in [0.4, 0.5) is 0 Å². The molecule has 0 spiro atoms. The molecule has 0 saturated heterocycles. The first-order valence-electron chi connectivity index (χ1n) is 5.07. The van der Waals surface area contributed by atoms with Gasteiger partial charge in [-0.3, -0.25) is 4.99 Å². The van der Waals surface area contributed by atoms with Crippen LogP contribution in [-0.2, 0) is 0 Å². The second-order valence-corrected chi connectivity index (χ2v) is 4.39. The molecule has 0 radical (unpaired) electrons. The van der Waals surface area contributed by atoms with Crippen molar-refractivity contribution in [3.8, 4) is 0 Å². The van der Waals surface area contributed by atoms with Crippen LogP contribution in [0.25, 0.3) is 0 Å². The summed E-state index contributed by atoms with van der Waals surface area (Å²) < 4.78 is 0. The van der Waals surface area contributed by atoms with E-state index < -0.39 is 0 Å². The van der Waals surface area contributed by atoms with E-state index in [1.807, 2.05) is 12.4 Å². The first kappa shape index (κ1) is 9.31. The topological polar surface area (TPSA) is 18.8 Å². The van der Waals surface area contributed by atoms with Crippen LogP contribution in [0.3, 0.4) is 0 Å². The van der Waals surface area contributed by atoms with Gasteiger partial charge < -0.3 is 9.80 Å². The Hall–Kier alpha value is -1.25. The van der Waals surface area contributed by atoms with Crippen molar-refractivity contribution in [2.75, 3.05) is 20.3 Å². The van der Waals surface area contributed by atoms with E-state index in [2.05, 4.69) is 41.9 Å². The standard InChI is InChI=1S/C11H17N3/c1-9(2)6-14-8-13(3)7-10-4-12-5-11(10)14/h4-5,7,9H,6,8H2,1-3H3. The van der Waals surface area contributed by atoms with Crippen LogP contribution in [-0.4, -0.2) is 36.3 Å². The number of fused-ring (bicyclic) bond motifs is 1. The van der Waals surface area contributed by atoms with Crippen molar-refractivity contribution in [3.63, 3.8) is 0 Å². The second kappa shape index (κ2) is 3.48. The number of hydrogen-bond acceptors (Lipinski definition) is 3. The molecular weight excluding hydrogens is 174 g/mol. The lowest BCUT2D eigenvalue weighted by Crippen LogP contribution is -2.39. The Morgan fingerprint density at radius 1 is 1.50 bits per heavy atom. The van der Waals surface area contributed by atoms with E-state index in [-0.39, 0.29) is 0 Å². The largest absolute Gasteiger partial charge is 0.362 e. The zero-order valence-corrected chi connectivity index (χ0v) is 9.07. The zero-order chi connectivity index (χ0) is 10.1. The Morgan fingerprint density at radius 3 is 3.00 bits per heavy atom. The number of allylic oxidation sites excluding steroid dienone is 1. The van der Waals surface area contributed by atoms with Crippen LogP contribution in [0.2, 0.25) is 0 Å². The molecule has 0 aromatic carbocycles. The summed E-state index contributed by atoms with van der Waals surface area (Å²) in [6, 6.07) is 0. The van der Waals surface area contributed by atoms with E-state index in [0.717, 1.165) is 13.2 Å². The third-order valence-electron chi connectivity index (χ3n) is 2.39. The monoisotopic (exact) mass is 191 g/mol. The van der Waals surface area contributed by atoms with Crippen LogP contribution >= 0.6 is 0 Å². The van der Waals surface area contributed by atoms with Gasteiger partial charge in [0.2, 0.25) is 0 Å². The summed E-state index contributed by atoms with van der Waals surface area (Å²) in [6.45, 7) is 6.55. The Balaban J connectivity index is 2.17. The number of nitrogens with zero attached hydrogens (tertiary/aromatic N) is 3. The summed E-state index contributed by atoms with van der Waals surface area (Å²) in [5.41, 5.74) is 2.51. The van der Waals surface area contributed by atoms with Crippen LogP contribution < -0.4 is 0 Å². The van der Waals surface area contributed by atoms with Crippen LogP contribution in [0.15, 0.2) is 28.7 Å². The summed E-state index contributed by atoms with van der Waals surface area (Å²) in [6.07, 6.45) is 6.04. The molecule has 0 atom stereocenters. The molecule has 2 rings (SSSR count). The molecule has 0 unspecified atom stereocenters. The fourth-order valence-electron chi connectivity index (χ4n) is 1.91. The molecule has 3 nitrogen and oxygen atoms in total. The highest BCUT2D eigenvalue weighted by molar-refractivity contribution is 5.87. The molecule has 0 aliphatic carbocycles. The average molecular weight is 191 g/mol. The maximum Gasteiger partial charge on any atom is 0.0895 e. The van der Waals surface area contributed by atoms with Gasteiger partial charge >= 0.3 is 0 Å². The Labute approximate surface area is 85.4 Å². The first-order valence-corrected chi connectivity index (χ1v) is 5.07. The third kappa shape index (κ3) is 1.67. The fraction of sp³-hybridized carbons (Fsp3) is 0.545. The average Bonchev–Trinajstić information content (AvgIpc) is 2.50. The number of aliphatic imine (C=N–C) groups is 1. The van der Waals surface area contributed by atoms with Crippen molar-refractivity contribution >= 4 is 6.21 Å². The summed E-state index contributed by atoms with van der Waals surface area (Å²) in [7, 11) is 2.10. The van der Waals surface area contributed by atoms with Crippen LogP contribution in [0.5, 0.6) is 0 Å². The smallest absolute Gasteiger partial charge is 0.0895 e. The molecule has 2 aliphatic rings. The molecule has 0 N–H and O–H groups in total. The first-order chi connectivity index (χ1) is 6.66. The van der Waals surface area contributed by atoms with E-state index >= 15 is 0 Å². The lowest BCUT2D eigenvalue weighted by Gasteiger charge is -2.35. The highest BCUT2D eigenvalue weighted by Crippen LogP contribution is 2.24. The quantitative estimate of drug-likeness (QED) is 0.661. The minimum Gasteiger partial charge on any atom is -0.362 e. The van der Waals surface area contributed by atoms with Gasteiger partial charge in [0.15, 0.2) is 0 Å². The Kier molecular flexibility index (Phi) is 2.32. The molecule has 0 fully saturated rings. The highest BCUT2D eigenvalue weighted by atomic mass is 15.3. The molecule has 0 aromatic heterocycles. The molecule has 0 aromatic rings. The molecule has 76 valence electrons. The van der Waals surface area contributed by atoms with Gasteiger partial charge in [0.05, 0.1) is 18.6 Å². The number of hydrogen-bond donors (Lipinski definition) is 0. The highest BCUT2D eigenvalue weighted by Gasteiger charge is 2.22. The lowest BCUT2D eigenvalue weighted by atomic mass is 10.1. The van der Waals surface area contributed by atoms with Crippen molar-refractivity contribution in [3.05, 3.63) is 23.7 Å². The third-order valence-corrected chi connectivity index (χ3v) is 2.39. The van der Waals surface area contributed by atoms with E-state index in [1.165, 1.54) is 11.3 Å². The fourth-order valence-corrected chi connectivity index (χ4v) is 1.91. The van der Waals surface area contributed by atoms with Gasteiger partial charge in [-0.2, -0.15) is 0 Å². The zero-order valence-electron chi connectivity index (χ0n) is 9.07. The Bertz CT molecular complexity index is 312. The maximum atomic E-state index is 4.20. The molecule has 0 bridgehead atoms. The van der Waals surface area contributed by atoms with Gasteiger partial charge in [0, 0.05) is 31.6 Å². The molecule has 14 heavy (non-hydrogen) atoms.